The minimum Gasteiger partial charge on any atom is -0.497 e. The third kappa shape index (κ3) is 5.36. The van der Waals surface area contributed by atoms with Gasteiger partial charge < -0.3 is 20.1 Å². The van der Waals surface area contributed by atoms with E-state index in [9.17, 15) is 14.4 Å². The van der Waals surface area contributed by atoms with Gasteiger partial charge in [-0.2, -0.15) is 10.0 Å². The molecule has 1 atom stereocenters. The molecule has 1 unspecified atom stereocenters. The number of fused-ring (bicyclic) bond motifs is 1. The fourth-order valence-electron chi connectivity index (χ4n) is 3.69. The van der Waals surface area contributed by atoms with E-state index < -0.39 is 12.7 Å². The maximum Gasteiger partial charge on any atom is 0.251 e. The summed E-state index contributed by atoms with van der Waals surface area (Å²) in [5.41, 5.74) is 4.32. The van der Waals surface area contributed by atoms with Crippen molar-refractivity contribution in [1.29, 1.82) is 0 Å². The summed E-state index contributed by atoms with van der Waals surface area (Å²) in [5, 5.41) is 17.1. The number of benzene rings is 2. The average molecular weight is 481 g/mol. The van der Waals surface area contributed by atoms with Crippen LogP contribution in [0, 0.1) is 0 Å². The molecule has 0 bridgehead atoms. The summed E-state index contributed by atoms with van der Waals surface area (Å²) < 4.78 is 19.5. The Labute approximate surface area is 200 Å². The number of hydrogen-bond donors (Lipinski definition) is 2. The largest absolute Gasteiger partial charge is 0.497 e. The van der Waals surface area contributed by atoms with Crippen LogP contribution >= 0.6 is 0 Å². The first kappa shape index (κ1) is 24.0. The van der Waals surface area contributed by atoms with Gasteiger partial charge in [0.1, 0.15) is 12.4 Å². The molecule has 0 aliphatic rings. The molecule has 4 aromatic rings. The van der Waals surface area contributed by atoms with Crippen LogP contribution in [0.3, 0.4) is 0 Å². The number of amides is 1. The van der Waals surface area contributed by atoms with Gasteiger partial charge in [0.2, 0.25) is 0 Å². The van der Waals surface area contributed by atoms with Crippen LogP contribution in [0.15, 0.2) is 55.0 Å². The highest BCUT2D eigenvalue weighted by Crippen LogP contribution is 2.32. The van der Waals surface area contributed by atoms with Crippen LogP contribution in [-0.4, -0.2) is 64.2 Å². The van der Waals surface area contributed by atoms with E-state index in [-0.39, 0.29) is 12.5 Å². The smallest absolute Gasteiger partial charge is 0.251 e. The van der Waals surface area contributed by atoms with Crippen LogP contribution in [0.2, 0.25) is 0 Å². The first-order valence-electron chi connectivity index (χ1n) is 10.8. The highest BCUT2D eigenvalue weighted by molar-refractivity contribution is 5.96. The zero-order chi connectivity index (χ0) is 24.9. The van der Waals surface area contributed by atoms with Gasteiger partial charge in [-0.15, -0.1) is 0 Å². The molecule has 0 aliphatic heterocycles. The zero-order valence-electron chi connectivity index (χ0n) is 19.5. The van der Waals surface area contributed by atoms with Gasteiger partial charge in [0.15, 0.2) is 0 Å². The molecule has 2 aromatic carbocycles. The molecule has 2 heterocycles. The molecule has 10 nitrogen and oxygen atoms in total. The predicted octanol–water partition coefficient (Wildman–Crippen LogP) is 2.80. The van der Waals surface area contributed by atoms with Crippen molar-refractivity contribution in [2.24, 2.45) is 7.05 Å². The molecule has 35 heavy (non-hydrogen) atoms. The van der Waals surface area contributed by atoms with Crippen LogP contribution in [0.1, 0.15) is 10.4 Å². The van der Waals surface area contributed by atoms with Crippen molar-refractivity contribution >= 4 is 28.3 Å². The maximum atomic E-state index is 12.5. The van der Waals surface area contributed by atoms with E-state index >= 15 is 0 Å². The number of anilines is 2. The third-order valence-electron chi connectivity index (χ3n) is 5.41. The number of aliphatic hydroxyl groups excluding tert-OH is 1. The minimum atomic E-state index is -1.15. The van der Waals surface area contributed by atoms with Crippen molar-refractivity contribution < 1.29 is 24.1 Å². The number of carbonyl (C=O) groups excluding carboxylic acids is 1. The normalized spacial score (nSPS) is 11.9. The number of ether oxygens (including phenoxy) is 1. The Kier molecular flexibility index (Phi) is 7.18. The van der Waals surface area contributed by atoms with Gasteiger partial charge in [-0.1, -0.05) is 0 Å². The van der Waals surface area contributed by atoms with Crippen LogP contribution in [-0.2, 0) is 12.0 Å². The van der Waals surface area contributed by atoms with E-state index in [1.54, 1.807) is 46.2 Å². The Morgan fingerprint density at radius 3 is 2.71 bits per heavy atom. The lowest BCUT2D eigenvalue weighted by Gasteiger charge is -2.28. The fourth-order valence-corrected chi connectivity index (χ4v) is 3.69. The second-order valence-corrected chi connectivity index (χ2v) is 7.87. The number of nitrogens with zero attached hydrogens (tertiary/aromatic N) is 5. The third-order valence-corrected chi connectivity index (χ3v) is 5.41. The van der Waals surface area contributed by atoms with E-state index in [2.05, 4.69) is 20.3 Å². The number of nitrogens with one attached hydrogen (secondary N) is 1. The summed E-state index contributed by atoms with van der Waals surface area (Å²) in [5.74, 6) is 0.144. The van der Waals surface area contributed by atoms with Crippen LogP contribution < -0.4 is 15.0 Å². The van der Waals surface area contributed by atoms with Crippen molar-refractivity contribution in [2.75, 3.05) is 32.2 Å². The topological polar surface area (TPSA) is 115 Å². The van der Waals surface area contributed by atoms with Crippen LogP contribution in [0.25, 0.3) is 22.3 Å². The van der Waals surface area contributed by atoms with E-state index in [0.717, 1.165) is 5.56 Å². The number of methoxy groups -OCH3 is 1. The van der Waals surface area contributed by atoms with Crippen molar-refractivity contribution in [3.8, 4) is 17.0 Å². The Morgan fingerprint density at radius 2 is 2.03 bits per heavy atom. The van der Waals surface area contributed by atoms with E-state index in [1.165, 1.54) is 14.2 Å². The standard InChI is InChI=1S/C24H25FN6O4/c1-26-24(33)15-6-18(8-20(7-15)34-3)31(13-19(32)14-35-25)17-4-5-21-22(9-17)29-23(11-27-21)16-10-28-30(2)12-16/h4-12,19,32H,13-14H2,1-3H3,(H,26,33). The van der Waals surface area contributed by atoms with Gasteiger partial charge in [0.25, 0.3) is 5.91 Å². The first-order chi connectivity index (χ1) is 16.9. The van der Waals surface area contributed by atoms with Gasteiger partial charge in [0, 0.05) is 48.9 Å². The Balaban J connectivity index is 1.81. The summed E-state index contributed by atoms with van der Waals surface area (Å²) in [6, 6.07) is 10.4. The van der Waals surface area contributed by atoms with E-state index in [0.29, 0.717) is 39.4 Å². The second kappa shape index (κ2) is 10.5. The first-order valence-corrected chi connectivity index (χ1v) is 10.8. The van der Waals surface area contributed by atoms with Crippen molar-refractivity contribution in [1.82, 2.24) is 25.1 Å². The summed E-state index contributed by atoms with van der Waals surface area (Å²) in [6.45, 7) is -0.535. The molecule has 0 saturated carbocycles. The van der Waals surface area contributed by atoms with Gasteiger partial charge in [0.05, 0.1) is 48.9 Å². The monoisotopic (exact) mass is 480 g/mol. The Hall–Kier alpha value is -4.09. The quantitative estimate of drug-likeness (QED) is 0.376. The summed E-state index contributed by atoms with van der Waals surface area (Å²) in [7, 11) is 4.85. The summed E-state index contributed by atoms with van der Waals surface area (Å²) in [4.78, 5) is 26.9. The molecule has 1 amide bonds. The zero-order valence-corrected chi connectivity index (χ0v) is 19.5. The SMILES string of the molecule is CNC(=O)c1cc(OC)cc(N(CC(O)COF)c2ccc3ncc(-c4cnn(C)c4)nc3c2)c1. The molecule has 182 valence electrons. The number of aliphatic hydroxyl groups is 1. The van der Waals surface area contributed by atoms with E-state index in [4.69, 9.17) is 9.72 Å². The average Bonchev–Trinajstić information content (AvgIpc) is 3.32. The highest BCUT2D eigenvalue weighted by atomic mass is 19.3. The Morgan fingerprint density at radius 1 is 1.20 bits per heavy atom. The van der Waals surface area contributed by atoms with Crippen molar-refractivity contribution in [3.05, 3.63) is 60.6 Å². The molecule has 0 spiro atoms. The highest BCUT2D eigenvalue weighted by Gasteiger charge is 2.19. The molecule has 11 heteroatoms. The molecule has 0 radical (unpaired) electrons. The molecule has 2 N–H and O–H groups in total. The van der Waals surface area contributed by atoms with Crippen molar-refractivity contribution in [3.63, 3.8) is 0 Å². The fraction of sp³-hybridized carbons (Fsp3) is 0.250. The van der Waals surface area contributed by atoms with Crippen LogP contribution in [0.5, 0.6) is 5.75 Å². The molecule has 0 saturated heterocycles. The number of carbonyl (C=O) groups is 1. The lowest BCUT2D eigenvalue weighted by atomic mass is 10.1. The van der Waals surface area contributed by atoms with Gasteiger partial charge in [-0.3, -0.25) is 14.5 Å². The number of aryl methyl sites for hydroxylation is 1. The van der Waals surface area contributed by atoms with Gasteiger partial charge in [-0.05, 0) is 34.9 Å². The number of hydrogen-bond acceptors (Lipinski definition) is 8. The molecule has 2 aromatic heterocycles. The summed E-state index contributed by atoms with van der Waals surface area (Å²) in [6.07, 6.45) is 4.07. The Bertz CT molecular complexity index is 1340. The lowest BCUT2D eigenvalue weighted by Crippen LogP contribution is -2.31. The van der Waals surface area contributed by atoms with Crippen LogP contribution in [0.4, 0.5) is 15.9 Å². The van der Waals surface area contributed by atoms with Gasteiger partial charge in [-0.25, -0.2) is 4.98 Å². The van der Waals surface area contributed by atoms with Crippen molar-refractivity contribution in [2.45, 2.75) is 6.10 Å². The van der Waals surface area contributed by atoms with Gasteiger partial charge >= 0.3 is 0 Å². The minimum absolute atomic E-state index is 0.0223. The number of halogens is 1. The molecule has 0 aliphatic carbocycles. The lowest BCUT2D eigenvalue weighted by molar-refractivity contribution is -0.155. The number of rotatable bonds is 9. The second-order valence-electron chi connectivity index (χ2n) is 7.87. The molecular weight excluding hydrogens is 455 g/mol. The molecule has 4 rings (SSSR count). The molecular formula is C24H25FN6O4. The summed E-state index contributed by atoms with van der Waals surface area (Å²) >= 11 is 0. The number of aromatic nitrogens is 4. The molecule has 0 fully saturated rings. The predicted molar refractivity (Wildman–Crippen MR) is 128 cm³/mol. The maximum absolute atomic E-state index is 12.5. The van der Waals surface area contributed by atoms with E-state index in [1.807, 2.05) is 25.4 Å².